The SMILES string of the molecule is Fc1ccc(-c2cn[nH]c2C2CCNC2)cc1. The molecule has 3 rings (SSSR count). The zero-order chi connectivity index (χ0) is 11.7. The van der Waals surface area contributed by atoms with Crippen molar-refractivity contribution in [3.05, 3.63) is 42.0 Å². The van der Waals surface area contributed by atoms with Gasteiger partial charge in [-0.3, -0.25) is 5.10 Å². The van der Waals surface area contributed by atoms with Crippen LogP contribution < -0.4 is 5.32 Å². The summed E-state index contributed by atoms with van der Waals surface area (Å²) in [5, 5.41) is 10.5. The van der Waals surface area contributed by atoms with E-state index in [4.69, 9.17) is 0 Å². The lowest BCUT2D eigenvalue weighted by Crippen LogP contribution is -2.08. The van der Waals surface area contributed by atoms with Crippen molar-refractivity contribution in [2.75, 3.05) is 13.1 Å². The van der Waals surface area contributed by atoms with Crippen LogP contribution in [0.5, 0.6) is 0 Å². The fourth-order valence-electron chi connectivity index (χ4n) is 2.37. The Bertz CT molecular complexity index is 498. The molecule has 3 nitrogen and oxygen atoms in total. The summed E-state index contributed by atoms with van der Waals surface area (Å²) in [5.74, 6) is 0.277. The standard InChI is InChI=1S/C13H14FN3/c14-11-3-1-9(2-4-11)12-8-16-17-13(12)10-5-6-15-7-10/h1-4,8,10,15H,5-7H2,(H,16,17). The highest BCUT2D eigenvalue weighted by Crippen LogP contribution is 2.30. The summed E-state index contributed by atoms with van der Waals surface area (Å²) >= 11 is 0. The number of hydrogen-bond donors (Lipinski definition) is 2. The van der Waals surface area contributed by atoms with Crippen LogP contribution in [0.15, 0.2) is 30.5 Å². The Morgan fingerprint density at radius 1 is 1.24 bits per heavy atom. The van der Waals surface area contributed by atoms with Gasteiger partial charge >= 0.3 is 0 Å². The molecule has 2 heterocycles. The average Bonchev–Trinajstić information content (AvgIpc) is 3.00. The van der Waals surface area contributed by atoms with E-state index in [0.29, 0.717) is 5.92 Å². The van der Waals surface area contributed by atoms with Crippen LogP contribution in [-0.4, -0.2) is 23.3 Å². The second-order valence-corrected chi connectivity index (χ2v) is 4.39. The molecule has 2 aromatic rings. The zero-order valence-corrected chi connectivity index (χ0v) is 9.41. The maximum atomic E-state index is 12.9. The number of benzene rings is 1. The fraction of sp³-hybridized carbons (Fsp3) is 0.308. The molecule has 0 saturated carbocycles. The van der Waals surface area contributed by atoms with Gasteiger partial charge in [0.05, 0.1) is 6.20 Å². The minimum absolute atomic E-state index is 0.207. The lowest BCUT2D eigenvalue weighted by Gasteiger charge is -2.09. The molecule has 1 aliphatic rings. The van der Waals surface area contributed by atoms with Crippen molar-refractivity contribution < 1.29 is 4.39 Å². The molecule has 1 saturated heterocycles. The molecule has 88 valence electrons. The van der Waals surface area contributed by atoms with E-state index in [9.17, 15) is 4.39 Å². The summed E-state index contributed by atoms with van der Waals surface area (Å²) in [4.78, 5) is 0. The monoisotopic (exact) mass is 231 g/mol. The second kappa shape index (κ2) is 4.30. The molecule has 17 heavy (non-hydrogen) atoms. The number of halogens is 1. The van der Waals surface area contributed by atoms with Crippen molar-refractivity contribution in [3.8, 4) is 11.1 Å². The molecule has 1 fully saturated rings. The van der Waals surface area contributed by atoms with Gasteiger partial charge in [-0.15, -0.1) is 0 Å². The molecule has 0 spiro atoms. The minimum Gasteiger partial charge on any atom is -0.316 e. The number of nitrogens with zero attached hydrogens (tertiary/aromatic N) is 1. The van der Waals surface area contributed by atoms with Crippen LogP contribution in [0.25, 0.3) is 11.1 Å². The number of aromatic nitrogens is 2. The predicted octanol–water partition coefficient (Wildman–Crippen LogP) is 2.29. The Hall–Kier alpha value is -1.68. The lowest BCUT2D eigenvalue weighted by molar-refractivity contribution is 0.628. The van der Waals surface area contributed by atoms with E-state index in [1.54, 1.807) is 12.1 Å². The largest absolute Gasteiger partial charge is 0.316 e. The van der Waals surface area contributed by atoms with Gasteiger partial charge in [0.1, 0.15) is 5.82 Å². The number of rotatable bonds is 2. The first kappa shape index (κ1) is 10.5. The number of H-pyrrole nitrogens is 1. The summed E-state index contributed by atoms with van der Waals surface area (Å²) in [5.41, 5.74) is 3.25. The molecule has 2 N–H and O–H groups in total. The molecular weight excluding hydrogens is 217 g/mol. The van der Waals surface area contributed by atoms with Crippen LogP contribution in [0.4, 0.5) is 4.39 Å². The van der Waals surface area contributed by atoms with Crippen molar-refractivity contribution in [3.63, 3.8) is 0 Å². The Labute approximate surface area is 99.1 Å². The fourth-order valence-corrected chi connectivity index (χ4v) is 2.37. The van der Waals surface area contributed by atoms with Gasteiger partial charge in [-0.05, 0) is 30.7 Å². The highest BCUT2D eigenvalue weighted by molar-refractivity contribution is 5.65. The second-order valence-electron chi connectivity index (χ2n) is 4.39. The van der Waals surface area contributed by atoms with Gasteiger partial charge in [0.25, 0.3) is 0 Å². The Kier molecular flexibility index (Phi) is 2.65. The number of nitrogens with one attached hydrogen (secondary N) is 2. The normalized spacial score (nSPS) is 19.7. The van der Waals surface area contributed by atoms with Gasteiger partial charge in [0.15, 0.2) is 0 Å². The highest BCUT2D eigenvalue weighted by atomic mass is 19.1. The first-order valence-corrected chi connectivity index (χ1v) is 5.84. The Balaban J connectivity index is 1.97. The van der Waals surface area contributed by atoms with E-state index in [1.165, 1.54) is 12.1 Å². The van der Waals surface area contributed by atoms with Crippen LogP contribution in [-0.2, 0) is 0 Å². The third-order valence-corrected chi connectivity index (χ3v) is 3.29. The first-order chi connectivity index (χ1) is 8.34. The molecule has 4 heteroatoms. The molecular formula is C13H14FN3. The molecule has 1 aliphatic heterocycles. The van der Waals surface area contributed by atoms with E-state index >= 15 is 0 Å². The summed E-state index contributed by atoms with van der Waals surface area (Å²) in [6.45, 7) is 2.03. The van der Waals surface area contributed by atoms with E-state index in [0.717, 1.165) is 36.3 Å². The van der Waals surface area contributed by atoms with E-state index < -0.39 is 0 Å². The topological polar surface area (TPSA) is 40.7 Å². The van der Waals surface area contributed by atoms with Crippen molar-refractivity contribution >= 4 is 0 Å². The Morgan fingerprint density at radius 2 is 2.06 bits per heavy atom. The van der Waals surface area contributed by atoms with E-state index in [1.807, 2.05) is 6.20 Å². The third-order valence-electron chi connectivity index (χ3n) is 3.29. The average molecular weight is 231 g/mol. The highest BCUT2D eigenvalue weighted by Gasteiger charge is 2.21. The molecule has 0 amide bonds. The number of aromatic amines is 1. The van der Waals surface area contributed by atoms with Crippen LogP contribution in [0.2, 0.25) is 0 Å². The van der Waals surface area contributed by atoms with Gasteiger partial charge in [-0.2, -0.15) is 5.10 Å². The smallest absolute Gasteiger partial charge is 0.123 e. The van der Waals surface area contributed by atoms with Crippen molar-refractivity contribution in [1.82, 2.24) is 15.5 Å². The quantitative estimate of drug-likeness (QED) is 0.832. The molecule has 1 aromatic heterocycles. The van der Waals surface area contributed by atoms with Crippen molar-refractivity contribution in [2.45, 2.75) is 12.3 Å². The van der Waals surface area contributed by atoms with Crippen LogP contribution >= 0.6 is 0 Å². The van der Waals surface area contributed by atoms with Crippen LogP contribution in [0, 0.1) is 5.82 Å². The lowest BCUT2D eigenvalue weighted by atomic mass is 9.97. The molecule has 0 aliphatic carbocycles. The van der Waals surface area contributed by atoms with Crippen LogP contribution in [0.3, 0.4) is 0 Å². The molecule has 0 radical (unpaired) electrons. The molecule has 0 bridgehead atoms. The maximum Gasteiger partial charge on any atom is 0.123 e. The Morgan fingerprint density at radius 3 is 2.76 bits per heavy atom. The third kappa shape index (κ3) is 1.96. The molecule has 1 unspecified atom stereocenters. The summed E-state index contributed by atoms with van der Waals surface area (Å²) in [6, 6.07) is 6.57. The summed E-state index contributed by atoms with van der Waals surface area (Å²) in [6.07, 6.45) is 2.94. The minimum atomic E-state index is -0.207. The van der Waals surface area contributed by atoms with E-state index in [-0.39, 0.29) is 5.82 Å². The first-order valence-electron chi connectivity index (χ1n) is 5.84. The molecule has 1 aromatic carbocycles. The van der Waals surface area contributed by atoms with Gasteiger partial charge in [-0.25, -0.2) is 4.39 Å². The maximum absolute atomic E-state index is 12.9. The van der Waals surface area contributed by atoms with Gasteiger partial charge in [0.2, 0.25) is 0 Å². The van der Waals surface area contributed by atoms with Crippen molar-refractivity contribution in [2.24, 2.45) is 0 Å². The number of hydrogen-bond acceptors (Lipinski definition) is 2. The van der Waals surface area contributed by atoms with Gasteiger partial charge in [-0.1, -0.05) is 12.1 Å². The van der Waals surface area contributed by atoms with Crippen LogP contribution in [0.1, 0.15) is 18.0 Å². The van der Waals surface area contributed by atoms with Crippen molar-refractivity contribution in [1.29, 1.82) is 0 Å². The summed E-state index contributed by atoms with van der Waals surface area (Å²) < 4.78 is 12.9. The summed E-state index contributed by atoms with van der Waals surface area (Å²) in [7, 11) is 0. The van der Waals surface area contributed by atoms with Gasteiger partial charge in [0, 0.05) is 23.7 Å². The van der Waals surface area contributed by atoms with E-state index in [2.05, 4.69) is 15.5 Å². The zero-order valence-electron chi connectivity index (χ0n) is 9.41. The van der Waals surface area contributed by atoms with Gasteiger partial charge < -0.3 is 5.32 Å². The predicted molar refractivity (Wildman–Crippen MR) is 64.2 cm³/mol. The molecule has 1 atom stereocenters.